The molecular formula is C22H29Cl2N3O3. The molecule has 2 heterocycles. The van der Waals surface area contributed by atoms with Gasteiger partial charge in [0.05, 0.1) is 12.5 Å². The summed E-state index contributed by atoms with van der Waals surface area (Å²) in [7, 11) is 1.61. The molecule has 1 aliphatic carbocycles. The lowest BCUT2D eigenvalue weighted by Crippen LogP contribution is -2.44. The Morgan fingerprint density at radius 2 is 2.13 bits per heavy atom. The smallest absolute Gasteiger partial charge is 0.232 e. The Hall–Kier alpha value is -2.02. The Morgan fingerprint density at radius 1 is 1.27 bits per heavy atom. The van der Waals surface area contributed by atoms with E-state index in [2.05, 4.69) is 15.6 Å². The van der Waals surface area contributed by atoms with E-state index in [0.29, 0.717) is 24.0 Å². The first kappa shape index (κ1) is 24.3. The number of ether oxygens (including phenoxy) is 2. The number of rotatable bonds is 6. The number of carbonyl (C=O) groups excluding carboxylic acids is 1. The average molecular weight is 454 g/mol. The maximum atomic E-state index is 13.2. The van der Waals surface area contributed by atoms with Crippen LogP contribution >= 0.6 is 24.8 Å². The van der Waals surface area contributed by atoms with Crippen molar-refractivity contribution in [1.29, 1.82) is 0 Å². The summed E-state index contributed by atoms with van der Waals surface area (Å²) >= 11 is 0. The molecule has 0 bridgehead atoms. The molecule has 0 spiro atoms. The Bertz CT molecular complexity index is 838. The zero-order valence-corrected chi connectivity index (χ0v) is 18.7. The first-order valence-corrected chi connectivity index (χ1v) is 9.93. The minimum Gasteiger partial charge on any atom is -0.493 e. The fourth-order valence-corrected chi connectivity index (χ4v) is 4.46. The quantitative estimate of drug-likeness (QED) is 0.684. The van der Waals surface area contributed by atoms with Gasteiger partial charge in [-0.2, -0.15) is 0 Å². The predicted molar refractivity (Wildman–Crippen MR) is 122 cm³/mol. The SMILES string of the molecule is COc1ccc(NC(=O)[C@@]23CCCC[C@H]2CNC3)cc1OCc1cccnc1.Cl.Cl. The van der Waals surface area contributed by atoms with Gasteiger partial charge in [0.1, 0.15) is 6.61 Å². The number of hydrogen-bond donors (Lipinski definition) is 2. The van der Waals surface area contributed by atoms with Crippen LogP contribution in [-0.4, -0.2) is 31.1 Å². The summed E-state index contributed by atoms with van der Waals surface area (Å²) in [6.45, 7) is 2.09. The summed E-state index contributed by atoms with van der Waals surface area (Å²) in [5, 5.41) is 6.57. The normalized spacial score (nSPS) is 22.1. The minimum absolute atomic E-state index is 0. The largest absolute Gasteiger partial charge is 0.493 e. The van der Waals surface area contributed by atoms with Gasteiger partial charge in [-0.3, -0.25) is 9.78 Å². The molecule has 8 heteroatoms. The van der Waals surface area contributed by atoms with Crippen LogP contribution in [0.15, 0.2) is 42.7 Å². The van der Waals surface area contributed by atoms with Gasteiger partial charge < -0.3 is 20.1 Å². The van der Waals surface area contributed by atoms with E-state index in [-0.39, 0.29) is 36.1 Å². The van der Waals surface area contributed by atoms with Gasteiger partial charge in [0, 0.05) is 36.3 Å². The van der Waals surface area contributed by atoms with Crippen molar-refractivity contribution in [3.63, 3.8) is 0 Å². The number of benzene rings is 1. The fraction of sp³-hybridized carbons (Fsp3) is 0.455. The number of nitrogens with one attached hydrogen (secondary N) is 2. The van der Waals surface area contributed by atoms with Gasteiger partial charge in [-0.05, 0) is 43.5 Å². The molecule has 2 N–H and O–H groups in total. The van der Waals surface area contributed by atoms with E-state index < -0.39 is 0 Å². The first-order chi connectivity index (χ1) is 13.7. The van der Waals surface area contributed by atoms with Crippen molar-refractivity contribution >= 4 is 36.4 Å². The summed E-state index contributed by atoms with van der Waals surface area (Å²) in [5.74, 6) is 1.79. The van der Waals surface area contributed by atoms with Crippen molar-refractivity contribution in [2.24, 2.45) is 11.3 Å². The number of nitrogens with zero attached hydrogens (tertiary/aromatic N) is 1. The van der Waals surface area contributed by atoms with Crippen molar-refractivity contribution in [2.45, 2.75) is 32.3 Å². The van der Waals surface area contributed by atoms with Gasteiger partial charge in [0.25, 0.3) is 0 Å². The lowest BCUT2D eigenvalue weighted by molar-refractivity contribution is -0.128. The van der Waals surface area contributed by atoms with Gasteiger partial charge in [-0.15, -0.1) is 24.8 Å². The molecule has 1 saturated heterocycles. The van der Waals surface area contributed by atoms with Gasteiger partial charge >= 0.3 is 0 Å². The van der Waals surface area contributed by atoms with Crippen LogP contribution < -0.4 is 20.1 Å². The lowest BCUT2D eigenvalue weighted by Gasteiger charge is -2.37. The van der Waals surface area contributed by atoms with E-state index in [1.165, 1.54) is 6.42 Å². The van der Waals surface area contributed by atoms with Crippen molar-refractivity contribution in [1.82, 2.24) is 10.3 Å². The third-order valence-electron chi connectivity index (χ3n) is 6.03. The monoisotopic (exact) mass is 453 g/mol. The number of pyridine rings is 1. The molecule has 1 aromatic carbocycles. The summed E-state index contributed by atoms with van der Waals surface area (Å²) < 4.78 is 11.4. The van der Waals surface area contributed by atoms with E-state index in [4.69, 9.17) is 9.47 Å². The number of anilines is 1. The van der Waals surface area contributed by atoms with Crippen LogP contribution in [0.25, 0.3) is 0 Å². The summed E-state index contributed by atoms with van der Waals surface area (Å²) in [5.41, 5.74) is 1.42. The molecule has 4 rings (SSSR count). The Kier molecular flexibility index (Phi) is 8.77. The molecule has 1 amide bonds. The van der Waals surface area contributed by atoms with Crippen LogP contribution in [0.3, 0.4) is 0 Å². The summed E-state index contributed by atoms with van der Waals surface area (Å²) in [4.78, 5) is 17.3. The average Bonchev–Trinajstić information content (AvgIpc) is 3.18. The van der Waals surface area contributed by atoms with E-state index in [9.17, 15) is 4.79 Å². The Morgan fingerprint density at radius 3 is 2.90 bits per heavy atom. The van der Waals surface area contributed by atoms with Crippen LogP contribution in [0.5, 0.6) is 11.5 Å². The predicted octanol–water partition coefficient (Wildman–Crippen LogP) is 4.23. The lowest BCUT2D eigenvalue weighted by atomic mass is 9.67. The van der Waals surface area contributed by atoms with E-state index >= 15 is 0 Å². The molecule has 1 aromatic heterocycles. The molecule has 2 fully saturated rings. The standard InChI is InChI=1S/C22H27N3O3.2ClH/c1-27-19-8-7-18(11-20(19)28-14-16-5-4-10-23-12-16)25-21(26)22-9-3-2-6-17(22)13-24-15-22;;/h4-5,7-8,10-12,17,24H,2-3,6,9,13-15H2,1H3,(H,25,26);2*1H/t17-,22+;;/m0../s1. The number of fused-ring (bicyclic) bond motifs is 1. The first-order valence-electron chi connectivity index (χ1n) is 9.93. The summed E-state index contributed by atoms with van der Waals surface area (Å²) in [6, 6.07) is 9.37. The number of halogens is 2. The molecule has 0 unspecified atom stereocenters. The zero-order chi connectivity index (χ0) is 19.4. The molecule has 164 valence electrons. The van der Waals surface area contributed by atoms with Gasteiger partial charge in [0.2, 0.25) is 5.91 Å². The third kappa shape index (κ3) is 4.99. The minimum atomic E-state index is -0.283. The second kappa shape index (κ2) is 10.8. The maximum absolute atomic E-state index is 13.2. The van der Waals surface area contributed by atoms with E-state index in [0.717, 1.165) is 43.6 Å². The molecule has 30 heavy (non-hydrogen) atoms. The van der Waals surface area contributed by atoms with Crippen LogP contribution in [0.4, 0.5) is 5.69 Å². The van der Waals surface area contributed by atoms with Crippen molar-refractivity contribution in [2.75, 3.05) is 25.5 Å². The molecule has 0 radical (unpaired) electrons. The number of carbonyl (C=O) groups is 1. The topological polar surface area (TPSA) is 72.5 Å². The van der Waals surface area contributed by atoms with Gasteiger partial charge in [-0.25, -0.2) is 0 Å². The van der Waals surface area contributed by atoms with Crippen molar-refractivity contribution in [3.8, 4) is 11.5 Å². The van der Waals surface area contributed by atoms with Crippen LogP contribution in [0, 0.1) is 11.3 Å². The zero-order valence-electron chi connectivity index (χ0n) is 17.1. The van der Waals surface area contributed by atoms with E-state index in [1.54, 1.807) is 19.5 Å². The van der Waals surface area contributed by atoms with Crippen molar-refractivity contribution < 1.29 is 14.3 Å². The van der Waals surface area contributed by atoms with Crippen LogP contribution in [0.1, 0.15) is 31.2 Å². The molecule has 1 aliphatic heterocycles. The van der Waals surface area contributed by atoms with Crippen LogP contribution in [0.2, 0.25) is 0 Å². The number of aromatic nitrogens is 1. The van der Waals surface area contributed by atoms with Crippen molar-refractivity contribution in [3.05, 3.63) is 48.3 Å². The number of methoxy groups -OCH3 is 1. The molecule has 2 aromatic rings. The summed E-state index contributed by atoms with van der Waals surface area (Å²) in [6.07, 6.45) is 7.92. The second-order valence-electron chi connectivity index (χ2n) is 7.70. The fourth-order valence-electron chi connectivity index (χ4n) is 4.46. The van der Waals surface area contributed by atoms with Gasteiger partial charge in [0.15, 0.2) is 11.5 Å². The molecule has 1 saturated carbocycles. The highest BCUT2D eigenvalue weighted by atomic mass is 35.5. The molecule has 2 atom stereocenters. The Balaban J connectivity index is 0.00000160. The van der Waals surface area contributed by atoms with Gasteiger partial charge in [-0.1, -0.05) is 18.9 Å². The highest BCUT2D eigenvalue weighted by molar-refractivity contribution is 5.96. The Labute approximate surface area is 190 Å². The third-order valence-corrected chi connectivity index (χ3v) is 6.03. The maximum Gasteiger partial charge on any atom is 0.232 e. The highest BCUT2D eigenvalue weighted by Crippen LogP contribution is 2.44. The molecular weight excluding hydrogens is 425 g/mol. The van der Waals surface area contributed by atoms with E-state index in [1.807, 2.05) is 30.3 Å². The highest BCUT2D eigenvalue weighted by Gasteiger charge is 2.49. The second-order valence-corrected chi connectivity index (χ2v) is 7.70. The number of hydrogen-bond acceptors (Lipinski definition) is 5. The number of amides is 1. The molecule has 6 nitrogen and oxygen atoms in total. The van der Waals surface area contributed by atoms with Crippen LogP contribution in [-0.2, 0) is 11.4 Å². The molecule has 2 aliphatic rings.